The van der Waals surface area contributed by atoms with Gasteiger partial charge >= 0.3 is 0 Å². The number of carbonyl (C=O) groups excluding carboxylic acids is 1. The highest BCUT2D eigenvalue weighted by molar-refractivity contribution is 5.83. The fourth-order valence-electron chi connectivity index (χ4n) is 2.94. The summed E-state index contributed by atoms with van der Waals surface area (Å²) >= 11 is 0. The second-order valence-electron chi connectivity index (χ2n) is 6.30. The summed E-state index contributed by atoms with van der Waals surface area (Å²) in [5.41, 5.74) is 0.976. The van der Waals surface area contributed by atoms with Crippen molar-refractivity contribution in [1.29, 1.82) is 0 Å². The summed E-state index contributed by atoms with van der Waals surface area (Å²) < 4.78 is 17.3. The Labute approximate surface area is 160 Å². The van der Waals surface area contributed by atoms with E-state index in [1.165, 1.54) is 0 Å². The van der Waals surface area contributed by atoms with Crippen molar-refractivity contribution in [1.82, 2.24) is 5.32 Å². The molecule has 0 aliphatic carbocycles. The molecule has 0 saturated carbocycles. The lowest BCUT2D eigenvalue weighted by atomic mass is 10.2. The van der Waals surface area contributed by atoms with Crippen molar-refractivity contribution in [2.75, 3.05) is 38.3 Å². The number of fused-ring (bicyclic) bond motifs is 1. The number of anilines is 1. The molecule has 2 aromatic rings. The lowest BCUT2D eigenvalue weighted by Crippen LogP contribution is -2.49. The van der Waals surface area contributed by atoms with Gasteiger partial charge in [0, 0.05) is 7.05 Å². The first kappa shape index (κ1) is 18.9. The Kier molecular flexibility index (Phi) is 6.41. The largest absolute Gasteiger partial charge is 0.494 e. The first-order valence-corrected chi connectivity index (χ1v) is 9.29. The molecule has 0 aromatic heterocycles. The molecule has 0 bridgehead atoms. The number of nitrogens with zero attached hydrogens (tertiary/aromatic N) is 1. The van der Waals surface area contributed by atoms with E-state index in [0.29, 0.717) is 26.3 Å². The zero-order valence-corrected chi connectivity index (χ0v) is 15.8. The standard InChI is InChI=1S/C21H26N2O4/c1-3-13-25-16-8-10-17(11-9-16)26-14-12-23-15-20(21(24)22-2)27-19-7-5-4-6-18(19)23/h4-11,20H,3,12-15H2,1-2H3,(H,22,24)/t20-/m1/s1. The number of hydrogen-bond acceptors (Lipinski definition) is 5. The topological polar surface area (TPSA) is 60.0 Å². The average molecular weight is 370 g/mol. The van der Waals surface area contributed by atoms with Crippen molar-refractivity contribution in [3.8, 4) is 17.2 Å². The highest BCUT2D eigenvalue weighted by atomic mass is 16.5. The van der Waals surface area contributed by atoms with E-state index in [4.69, 9.17) is 14.2 Å². The maximum Gasteiger partial charge on any atom is 0.262 e. The van der Waals surface area contributed by atoms with Gasteiger partial charge in [0.25, 0.3) is 5.91 Å². The molecule has 6 heteroatoms. The molecule has 1 atom stereocenters. The van der Waals surface area contributed by atoms with Gasteiger partial charge in [-0.05, 0) is 42.8 Å². The molecular weight excluding hydrogens is 344 g/mol. The van der Waals surface area contributed by atoms with Crippen LogP contribution in [0.2, 0.25) is 0 Å². The smallest absolute Gasteiger partial charge is 0.262 e. The van der Waals surface area contributed by atoms with Gasteiger partial charge in [-0.25, -0.2) is 0 Å². The lowest BCUT2D eigenvalue weighted by molar-refractivity contribution is -0.127. The molecule has 0 radical (unpaired) electrons. The summed E-state index contributed by atoms with van der Waals surface area (Å²) in [6, 6.07) is 15.4. The molecule has 1 aliphatic heterocycles. The third kappa shape index (κ3) is 4.84. The van der Waals surface area contributed by atoms with E-state index in [-0.39, 0.29) is 5.91 Å². The molecule has 3 rings (SSSR count). The lowest BCUT2D eigenvalue weighted by Gasteiger charge is -2.35. The summed E-state index contributed by atoms with van der Waals surface area (Å²) in [5, 5.41) is 2.65. The highest BCUT2D eigenvalue weighted by Gasteiger charge is 2.29. The Morgan fingerprint density at radius 2 is 1.78 bits per heavy atom. The predicted octanol–water partition coefficient (Wildman–Crippen LogP) is 2.87. The summed E-state index contributed by atoms with van der Waals surface area (Å²) in [7, 11) is 1.62. The van der Waals surface area contributed by atoms with E-state index in [1.807, 2.05) is 48.5 Å². The summed E-state index contributed by atoms with van der Waals surface area (Å²) in [4.78, 5) is 14.1. The van der Waals surface area contributed by atoms with Gasteiger partial charge in [-0.3, -0.25) is 4.79 Å². The van der Waals surface area contributed by atoms with Crippen LogP contribution in [-0.4, -0.2) is 45.4 Å². The van der Waals surface area contributed by atoms with Crippen molar-refractivity contribution in [2.45, 2.75) is 19.4 Å². The van der Waals surface area contributed by atoms with Crippen LogP contribution in [-0.2, 0) is 4.79 Å². The molecule has 1 aliphatic rings. The summed E-state index contributed by atoms with van der Waals surface area (Å²) in [6.07, 6.45) is 0.455. The minimum Gasteiger partial charge on any atom is -0.494 e. The normalized spacial score (nSPS) is 15.5. The number of para-hydroxylation sites is 2. The number of carbonyl (C=O) groups is 1. The first-order chi connectivity index (χ1) is 13.2. The van der Waals surface area contributed by atoms with Crippen molar-refractivity contribution >= 4 is 11.6 Å². The zero-order chi connectivity index (χ0) is 19.1. The van der Waals surface area contributed by atoms with Gasteiger partial charge in [0.15, 0.2) is 6.10 Å². The first-order valence-electron chi connectivity index (χ1n) is 9.29. The number of hydrogen-bond donors (Lipinski definition) is 1. The predicted molar refractivity (Wildman–Crippen MR) is 105 cm³/mol. The number of ether oxygens (including phenoxy) is 3. The van der Waals surface area contributed by atoms with Crippen LogP contribution in [0.25, 0.3) is 0 Å². The molecule has 6 nitrogen and oxygen atoms in total. The number of amides is 1. The van der Waals surface area contributed by atoms with Crippen LogP contribution in [0.4, 0.5) is 5.69 Å². The molecule has 0 unspecified atom stereocenters. The van der Waals surface area contributed by atoms with Crippen LogP contribution in [0.5, 0.6) is 17.2 Å². The molecule has 2 aromatic carbocycles. The van der Waals surface area contributed by atoms with E-state index in [1.54, 1.807) is 7.05 Å². The van der Waals surface area contributed by atoms with Crippen molar-refractivity contribution < 1.29 is 19.0 Å². The van der Waals surface area contributed by atoms with Crippen molar-refractivity contribution in [2.24, 2.45) is 0 Å². The Morgan fingerprint density at radius 1 is 1.11 bits per heavy atom. The molecule has 1 amide bonds. The van der Waals surface area contributed by atoms with Crippen LogP contribution >= 0.6 is 0 Å². The van der Waals surface area contributed by atoms with Gasteiger partial charge in [-0.15, -0.1) is 0 Å². The third-order valence-electron chi connectivity index (χ3n) is 4.33. The van der Waals surface area contributed by atoms with Gasteiger partial charge in [0.1, 0.15) is 23.9 Å². The van der Waals surface area contributed by atoms with Gasteiger partial charge < -0.3 is 24.4 Å². The molecule has 1 N–H and O–H groups in total. The van der Waals surface area contributed by atoms with Gasteiger partial charge in [0.2, 0.25) is 0 Å². The molecule has 0 fully saturated rings. The molecule has 0 spiro atoms. The van der Waals surface area contributed by atoms with E-state index in [2.05, 4.69) is 17.1 Å². The summed E-state index contributed by atoms with van der Waals surface area (Å²) in [6.45, 7) is 4.44. The van der Waals surface area contributed by atoms with E-state index < -0.39 is 6.10 Å². The third-order valence-corrected chi connectivity index (χ3v) is 4.33. The Bertz CT molecular complexity index is 748. The minimum absolute atomic E-state index is 0.127. The maximum atomic E-state index is 12.0. The minimum atomic E-state index is -0.528. The van der Waals surface area contributed by atoms with E-state index >= 15 is 0 Å². The number of likely N-dealkylation sites (N-methyl/N-ethyl adjacent to an activating group) is 1. The van der Waals surface area contributed by atoms with Crippen molar-refractivity contribution in [3.63, 3.8) is 0 Å². The Hall–Kier alpha value is -2.89. The van der Waals surface area contributed by atoms with Crippen LogP contribution in [0, 0.1) is 0 Å². The van der Waals surface area contributed by atoms with Crippen molar-refractivity contribution in [3.05, 3.63) is 48.5 Å². The van der Waals surface area contributed by atoms with Crippen LogP contribution in [0.15, 0.2) is 48.5 Å². The number of benzene rings is 2. The van der Waals surface area contributed by atoms with Crippen LogP contribution < -0.4 is 24.4 Å². The number of nitrogens with one attached hydrogen (secondary N) is 1. The van der Waals surface area contributed by atoms with Gasteiger partial charge in [0.05, 0.1) is 25.4 Å². The van der Waals surface area contributed by atoms with Gasteiger partial charge in [-0.1, -0.05) is 19.1 Å². The molecular formula is C21H26N2O4. The van der Waals surface area contributed by atoms with Crippen LogP contribution in [0.3, 0.4) is 0 Å². The number of rotatable bonds is 8. The Balaban J connectivity index is 1.58. The average Bonchev–Trinajstić information content (AvgIpc) is 2.72. The molecule has 27 heavy (non-hydrogen) atoms. The highest BCUT2D eigenvalue weighted by Crippen LogP contribution is 2.32. The van der Waals surface area contributed by atoms with E-state index in [9.17, 15) is 4.79 Å². The quantitative estimate of drug-likeness (QED) is 0.774. The summed E-state index contributed by atoms with van der Waals surface area (Å²) in [5.74, 6) is 2.23. The second-order valence-corrected chi connectivity index (χ2v) is 6.30. The SMILES string of the molecule is CCCOc1ccc(OCCN2C[C@H](C(=O)NC)Oc3ccccc32)cc1. The molecule has 144 valence electrons. The molecule has 0 saturated heterocycles. The van der Waals surface area contributed by atoms with Gasteiger partial charge in [-0.2, -0.15) is 0 Å². The Morgan fingerprint density at radius 3 is 2.44 bits per heavy atom. The fourth-order valence-corrected chi connectivity index (χ4v) is 2.94. The monoisotopic (exact) mass is 370 g/mol. The van der Waals surface area contributed by atoms with E-state index in [0.717, 1.165) is 29.4 Å². The molecule has 1 heterocycles. The van der Waals surface area contributed by atoms with Crippen LogP contribution in [0.1, 0.15) is 13.3 Å². The zero-order valence-electron chi connectivity index (χ0n) is 15.8. The maximum absolute atomic E-state index is 12.0. The fraction of sp³-hybridized carbons (Fsp3) is 0.381. The second kappa shape index (κ2) is 9.16.